The number of thioether (sulfide) groups is 1. The molecule has 2 aromatic heterocycles. The summed E-state index contributed by atoms with van der Waals surface area (Å²) in [6.45, 7) is 2.06. The number of thiophene rings is 1. The summed E-state index contributed by atoms with van der Waals surface area (Å²) in [5.74, 6) is 0.452. The summed E-state index contributed by atoms with van der Waals surface area (Å²) in [4.78, 5) is 17.6. The maximum atomic E-state index is 11.2. The van der Waals surface area contributed by atoms with Crippen LogP contribution in [0.15, 0.2) is 17.2 Å². The van der Waals surface area contributed by atoms with Crippen molar-refractivity contribution in [3.05, 3.63) is 17.1 Å². The Morgan fingerprint density at radius 1 is 1.62 bits per heavy atom. The van der Waals surface area contributed by atoms with Crippen molar-refractivity contribution < 1.29 is 4.79 Å². The fourth-order valence-corrected chi connectivity index (χ4v) is 3.30. The summed E-state index contributed by atoms with van der Waals surface area (Å²) in [6.07, 6.45) is 1.72. The highest BCUT2D eigenvalue weighted by Gasteiger charge is 2.17. The molecule has 4 nitrogen and oxygen atoms in total. The molecule has 1 amide bonds. The lowest BCUT2D eigenvalue weighted by molar-refractivity contribution is 0.100. The highest BCUT2D eigenvalue weighted by atomic mass is 32.2. The quantitative estimate of drug-likeness (QED) is 0.821. The minimum Gasteiger partial charge on any atom is -0.397 e. The molecule has 0 radical (unpaired) electrons. The summed E-state index contributed by atoms with van der Waals surface area (Å²) in [5, 5.41) is 0.855. The molecule has 0 atom stereocenters. The number of nitrogens with two attached hydrogens (primary N) is 2. The van der Waals surface area contributed by atoms with Gasteiger partial charge in [0.05, 0.1) is 5.69 Å². The first-order chi connectivity index (χ1) is 7.65. The predicted molar refractivity (Wildman–Crippen MR) is 68.9 cm³/mol. The second kappa shape index (κ2) is 4.31. The Morgan fingerprint density at radius 3 is 3.00 bits per heavy atom. The van der Waals surface area contributed by atoms with Crippen molar-refractivity contribution >= 4 is 44.9 Å². The first kappa shape index (κ1) is 11.2. The van der Waals surface area contributed by atoms with E-state index in [9.17, 15) is 4.79 Å². The van der Waals surface area contributed by atoms with Gasteiger partial charge in [-0.2, -0.15) is 0 Å². The van der Waals surface area contributed by atoms with Gasteiger partial charge in [-0.25, -0.2) is 4.98 Å². The number of hydrogen-bond acceptors (Lipinski definition) is 5. The molecule has 0 aliphatic rings. The minimum absolute atomic E-state index is 0.395. The Kier molecular flexibility index (Phi) is 3.02. The zero-order valence-electron chi connectivity index (χ0n) is 8.69. The van der Waals surface area contributed by atoms with Crippen LogP contribution in [0.1, 0.15) is 16.6 Å². The Labute approximate surface area is 101 Å². The number of carbonyl (C=O) groups excluding carboxylic acids is 1. The van der Waals surface area contributed by atoms with Crippen LogP contribution in [0.2, 0.25) is 0 Å². The van der Waals surface area contributed by atoms with Crippen molar-refractivity contribution in [1.82, 2.24) is 4.98 Å². The van der Waals surface area contributed by atoms with E-state index in [2.05, 4.69) is 11.9 Å². The molecule has 2 heterocycles. The summed E-state index contributed by atoms with van der Waals surface area (Å²) < 4.78 is 0. The van der Waals surface area contributed by atoms with Gasteiger partial charge in [-0.3, -0.25) is 4.79 Å². The van der Waals surface area contributed by atoms with E-state index in [-0.39, 0.29) is 0 Å². The van der Waals surface area contributed by atoms with Crippen LogP contribution in [0.4, 0.5) is 5.69 Å². The summed E-state index contributed by atoms with van der Waals surface area (Å²) >= 11 is 2.93. The summed E-state index contributed by atoms with van der Waals surface area (Å²) in [6, 6.07) is 1.91. The molecule has 0 aliphatic heterocycles. The van der Waals surface area contributed by atoms with E-state index in [1.54, 1.807) is 18.0 Å². The third kappa shape index (κ3) is 1.74. The number of carbonyl (C=O) groups is 1. The second-order valence-electron chi connectivity index (χ2n) is 3.13. The average Bonchev–Trinajstić information content (AvgIpc) is 2.58. The van der Waals surface area contributed by atoms with Crippen molar-refractivity contribution in [2.75, 3.05) is 11.5 Å². The molecular formula is C10H11N3OS2. The first-order valence-electron chi connectivity index (χ1n) is 4.74. The number of anilines is 1. The minimum atomic E-state index is -0.493. The van der Waals surface area contributed by atoms with Gasteiger partial charge in [0.2, 0.25) is 0 Å². The second-order valence-corrected chi connectivity index (χ2v) is 5.44. The van der Waals surface area contributed by atoms with E-state index >= 15 is 0 Å². The summed E-state index contributed by atoms with van der Waals surface area (Å²) in [7, 11) is 0. The normalized spacial score (nSPS) is 10.8. The van der Waals surface area contributed by atoms with Gasteiger partial charge in [0.15, 0.2) is 0 Å². The molecule has 84 valence electrons. The van der Waals surface area contributed by atoms with Gasteiger partial charge in [-0.1, -0.05) is 6.92 Å². The molecule has 6 heteroatoms. The topological polar surface area (TPSA) is 82.0 Å². The van der Waals surface area contributed by atoms with E-state index < -0.39 is 5.91 Å². The number of nitrogens with zero attached hydrogens (tertiary/aromatic N) is 1. The third-order valence-electron chi connectivity index (χ3n) is 2.11. The lowest BCUT2D eigenvalue weighted by atomic mass is 10.2. The molecule has 0 bridgehead atoms. The third-order valence-corrected chi connectivity index (χ3v) is 4.18. The number of amides is 1. The number of aromatic nitrogens is 1. The zero-order valence-corrected chi connectivity index (χ0v) is 10.3. The average molecular weight is 253 g/mol. The van der Waals surface area contributed by atoms with Crippen molar-refractivity contribution in [2.24, 2.45) is 5.73 Å². The van der Waals surface area contributed by atoms with Gasteiger partial charge in [0.25, 0.3) is 5.91 Å². The number of pyridine rings is 1. The molecule has 4 N–H and O–H groups in total. The number of fused-ring (bicyclic) bond motifs is 1. The van der Waals surface area contributed by atoms with Crippen LogP contribution in [0.5, 0.6) is 0 Å². The van der Waals surface area contributed by atoms with Crippen molar-refractivity contribution in [1.29, 1.82) is 0 Å². The molecule has 0 unspecified atom stereocenters. The van der Waals surface area contributed by atoms with E-state index in [0.29, 0.717) is 10.6 Å². The van der Waals surface area contributed by atoms with Crippen molar-refractivity contribution in [3.8, 4) is 0 Å². The van der Waals surface area contributed by atoms with Gasteiger partial charge >= 0.3 is 0 Å². The van der Waals surface area contributed by atoms with Gasteiger partial charge in [-0.15, -0.1) is 23.1 Å². The predicted octanol–water partition coefficient (Wildman–Crippen LogP) is 2.09. The molecular weight excluding hydrogens is 242 g/mol. The maximum Gasteiger partial charge on any atom is 0.260 e. The van der Waals surface area contributed by atoms with E-state index in [0.717, 1.165) is 20.9 Å². The molecule has 0 saturated carbocycles. The Morgan fingerprint density at radius 2 is 2.38 bits per heavy atom. The van der Waals surface area contributed by atoms with Crippen molar-refractivity contribution in [2.45, 2.75) is 11.8 Å². The van der Waals surface area contributed by atoms with E-state index in [4.69, 9.17) is 11.5 Å². The van der Waals surface area contributed by atoms with Gasteiger partial charge in [0, 0.05) is 16.5 Å². The zero-order chi connectivity index (χ0) is 11.7. The van der Waals surface area contributed by atoms with Gasteiger partial charge < -0.3 is 11.5 Å². The van der Waals surface area contributed by atoms with E-state index in [1.807, 2.05) is 6.07 Å². The van der Waals surface area contributed by atoms with Crippen LogP contribution >= 0.6 is 23.1 Å². The van der Waals surface area contributed by atoms with Crippen molar-refractivity contribution in [3.63, 3.8) is 0 Å². The molecule has 2 aromatic rings. The monoisotopic (exact) mass is 253 g/mol. The largest absolute Gasteiger partial charge is 0.397 e. The molecule has 0 fully saturated rings. The molecule has 0 aliphatic carbocycles. The molecule has 2 rings (SSSR count). The number of rotatable bonds is 3. The fourth-order valence-electron chi connectivity index (χ4n) is 1.48. The maximum absolute atomic E-state index is 11.2. The van der Waals surface area contributed by atoms with E-state index in [1.165, 1.54) is 11.3 Å². The Balaban J connectivity index is 2.71. The number of nitrogen functional groups attached to an aromatic ring is 1. The SMILES string of the molecule is CCSc1ccnc2sc(C(N)=O)c(N)c12. The van der Waals surface area contributed by atoms with Crippen LogP contribution in [-0.4, -0.2) is 16.6 Å². The lowest BCUT2D eigenvalue weighted by Gasteiger charge is -2.01. The lowest BCUT2D eigenvalue weighted by Crippen LogP contribution is -2.10. The van der Waals surface area contributed by atoms with Crippen LogP contribution in [0.25, 0.3) is 10.2 Å². The van der Waals surface area contributed by atoms with Gasteiger partial charge in [0.1, 0.15) is 9.71 Å². The fraction of sp³-hybridized carbons (Fsp3) is 0.200. The summed E-state index contributed by atoms with van der Waals surface area (Å²) in [5.41, 5.74) is 11.6. The standard InChI is InChI=1S/C10H11N3OS2/c1-2-15-5-3-4-13-10-6(5)7(11)8(16-10)9(12)14/h3-4H,2,11H2,1H3,(H2,12,14). The Bertz CT molecular complexity index is 550. The smallest absolute Gasteiger partial charge is 0.260 e. The molecule has 0 spiro atoms. The van der Waals surface area contributed by atoms with Crippen LogP contribution < -0.4 is 11.5 Å². The number of hydrogen-bond donors (Lipinski definition) is 2. The van der Waals surface area contributed by atoms with Crippen LogP contribution in [-0.2, 0) is 0 Å². The number of primary amides is 1. The Hall–Kier alpha value is -1.27. The molecule has 16 heavy (non-hydrogen) atoms. The van der Waals surface area contributed by atoms with Crippen LogP contribution in [0, 0.1) is 0 Å². The highest BCUT2D eigenvalue weighted by molar-refractivity contribution is 7.99. The highest BCUT2D eigenvalue weighted by Crippen LogP contribution is 2.38. The van der Waals surface area contributed by atoms with Crippen LogP contribution in [0.3, 0.4) is 0 Å². The van der Waals surface area contributed by atoms with Gasteiger partial charge in [-0.05, 0) is 11.8 Å². The molecule has 0 saturated heterocycles. The molecule has 0 aromatic carbocycles. The first-order valence-corrected chi connectivity index (χ1v) is 6.55.